The highest BCUT2D eigenvalue weighted by Crippen LogP contribution is 2.28. The first-order valence-corrected chi connectivity index (χ1v) is 9.00. The van der Waals surface area contributed by atoms with Crippen molar-refractivity contribution >= 4 is 10.9 Å². The molecule has 0 amide bonds. The number of nitrogens with one attached hydrogen (secondary N) is 1. The molecule has 0 unspecified atom stereocenters. The van der Waals surface area contributed by atoms with Crippen molar-refractivity contribution in [1.82, 2.24) is 24.6 Å². The molecule has 0 aliphatic carbocycles. The molecule has 0 radical (unpaired) electrons. The van der Waals surface area contributed by atoms with Crippen LogP contribution in [0.5, 0.6) is 5.75 Å². The molecule has 6 nitrogen and oxygen atoms in total. The van der Waals surface area contributed by atoms with Crippen LogP contribution in [-0.2, 0) is 13.1 Å². The van der Waals surface area contributed by atoms with Gasteiger partial charge in [0.1, 0.15) is 12.4 Å². The molecule has 138 valence electrons. The van der Waals surface area contributed by atoms with Gasteiger partial charge in [0.05, 0.1) is 24.1 Å². The number of aromatic nitrogens is 4. The van der Waals surface area contributed by atoms with Gasteiger partial charge in [-0.05, 0) is 49.5 Å². The van der Waals surface area contributed by atoms with Crippen LogP contribution in [0.25, 0.3) is 22.0 Å². The van der Waals surface area contributed by atoms with Crippen molar-refractivity contribution in [2.45, 2.75) is 13.1 Å². The maximum atomic E-state index is 5.92. The van der Waals surface area contributed by atoms with E-state index in [0.717, 1.165) is 46.6 Å². The zero-order chi connectivity index (χ0) is 18.6. The minimum Gasteiger partial charge on any atom is -0.492 e. The molecule has 0 aliphatic heterocycles. The number of rotatable bonds is 7. The van der Waals surface area contributed by atoms with Gasteiger partial charge in [0, 0.05) is 24.3 Å². The van der Waals surface area contributed by atoms with E-state index in [0.29, 0.717) is 6.61 Å². The molecule has 0 saturated heterocycles. The number of hydrogen-bond donors (Lipinski definition) is 1. The van der Waals surface area contributed by atoms with Crippen LogP contribution in [0, 0.1) is 0 Å². The van der Waals surface area contributed by atoms with Gasteiger partial charge < -0.3 is 14.2 Å². The zero-order valence-electron chi connectivity index (χ0n) is 15.6. The molecule has 27 heavy (non-hydrogen) atoms. The van der Waals surface area contributed by atoms with Crippen LogP contribution in [0.1, 0.15) is 5.69 Å². The summed E-state index contributed by atoms with van der Waals surface area (Å²) < 4.78 is 7.92. The molecule has 0 aliphatic rings. The SMILES string of the molecule is CN(C)Cc1[nH]nc2ccc(-c3cccc(OCCn4ccnc4)c3)cc12. The van der Waals surface area contributed by atoms with Crippen molar-refractivity contribution in [3.63, 3.8) is 0 Å². The fraction of sp³-hybridized carbons (Fsp3) is 0.238. The first-order valence-electron chi connectivity index (χ1n) is 9.00. The molecule has 0 spiro atoms. The van der Waals surface area contributed by atoms with Crippen molar-refractivity contribution in [2.75, 3.05) is 20.7 Å². The molecule has 2 aromatic heterocycles. The molecule has 0 bridgehead atoms. The molecule has 0 fully saturated rings. The van der Waals surface area contributed by atoms with Crippen molar-refractivity contribution in [1.29, 1.82) is 0 Å². The lowest BCUT2D eigenvalue weighted by Crippen LogP contribution is -2.11. The van der Waals surface area contributed by atoms with Gasteiger partial charge in [-0.1, -0.05) is 18.2 Å². The summed E-state index contributed by atoms with van der Waals surface area (Å²) >= 11 is 0. The Labute approximate surface area is 158 Å². The smallest absolute Gasteiger partial charge is 0.120 e. The standard InChI is InChI=1S/C21H23N5O/c1-25(2)14-21-19-13-17(6-7-20(19)23-24-21)16-4-3-5-18(12-16)27-11-10-26-9-8-22-15-26/h3-9,12-13,15H,10-11,14H2,1-2H3,(H,23,24). The lowest BCUT2D eigenvalue weighted by Gasteiger charge is -2.10. The molecule has 2 aromatic carbocycles. The maximum absolute atomic E-state index is 5.92. The minimum absolute atomic E-state index is 0.605. The Hall–Kier alpha value is -3.12. The fourth-order valence-corrected chi connectivity index (χ4v) is 3.13. The van der Waals surface area contributed by atoms with Crippen LogP contribution in [0.4, 0.5) is 0 Å². The highest BCUT2D eigenvalue weighted by Gasteiger charge is 2.09. The average molecular weight is 361 g/mol. The van der Waals surface area contributed by atoms with Crippen LogP contribution in [0.2, 0.25) is 0 Å². The summed E-state index contributed by atoms with van der Waals surface area (Å²) in [4.78, 5) is 6.18. The number of imidazole rings is 1. The van der Waals surface area contributed by atoms with Crippen LogP contribution in [-0.4, -0.2) is 45.4 Å². The molecule has 6 heteroatoms. The van der Waals surface area contributed by atoms with Crippen LogP contribution < -0.4 is 4.74 Å². The van der Waals surface area contributed by atoms with E-state index in [2.05, 4.69) is 64.5 Å². The topological polar surface area (TPSA) is 59.0 Å². The number of aromatic amines is 1. The summed E-state index contributed by atoms with van der Waals surface area (Å²) in [5, 5.41) is 8.72. The lowest BCUT2D eigenvalue weighted by molar-refractivity contribution is 0.298. The molecule has 4 rings (SSSR count). The summed E-state index contributed by atoms with van der Waals surface area (Å²) in [5.41, 5.74) is 4.41. The Kier molecular flexibility index (Phi) is 4.89. The third-order valence-corrected chi connectivity index (χ3v) is 4.45. The average Bonchev–Trinajstić information content (AvgIpc) is 3.32. The predicted molar refractivity (Wildman–Crippen MR) is 107 cm³/mol. The second-order valence-electron chi connectivity index (χ2n) is 6.85. The number of fused-ring (bicyclic) bond motifs is 1. The first kappa shape index (κ1) is 17.3. The first-order chi connectivity index (χ1) is 13.2. The number of H-pyrrole nitrogens is 1. The Morgan fingerprint density at radius 2 is 2.00 bits per heavy atom. The van der Waals surface area contributed by atoms with E-state index in [1.807, 2.05) is 22.9 Å². The summed E-state index contributed by atoms with van der Waals surface area (Å²) in [7, 11) is 4.11. The van der Waals surface area contributed by atoms with Gasteiger partial charge in [-0.25, -0.2) is 4.98 Å². The Balaban J connectivity index is 1.54. The third-order valence-electron chi connectivity index (χ3n) is 4.45. The van der Waals surface area contributed by atoms with Crippen LogP contribution >= 0.6 is 0 Å². The molecular formula is C21H23N5O. The molecule has 4 aromatic rings. The zero-order valence-corrected chi connectivity index (χ0v) is 15.6. The Morgan fingerprint density at radius 1 is 1.11 bits per heavy atom. The van der Waals surface area contributed by atoms with E-state index in [-0.39, 0.29) is 0 Å². The van der Waals surface area contributed by atoms with Gasteiger partial charge >= 0.3 is 0 Å². The molecule has 1 N–H and O–H groups in total. The normalized spacial score (nSPS) is 11.4. The third kappa shape index (κ3) is 4.01. The highest BCUT2D eigenvalue weighted by molar-refractivity contribution is 5.86. The molecule has 0 saturated carbocycles. The lowest BCUT2D eigenvalue weighted by atomic mass is 10.0. The minimum atomic E-state index is 0.605. The molecule has 0 atom stereocenters. The van der Waals surface area contributed by atoms with E-state index in [4.69, 9.17) is 4.74 Å². The van der Waals surface area contributed by atoms with Crippen molar-refractivity contribution < 1.29 is 4.74 Å². The Morgan fingerprint density at radius 3 is 2.81 bits per heavy atom. The van der Waals surface area contributed by atoms with Gasteiger partial charge in [-0.2, -0.15) is 5.10 Å². The van der Waals surface area contributed by atoms with Gasteiger partial charge in [0.25, 0.3) is 0 Å². The van der Waals surface area contributed by atoms with E-state index in [1.54, 1.807) is 12.5 Å². The van der Waals surface area contributed by atoms with E-state index < -0.39 is 0 Å². The van der Waals surface area contributed by atoms with Gasteiger partial charge in [-0.15, -0.1) is 0 Å². The Bertz CT molecular complexity index is 1020. The second kappa shape index (κ2) is 7.63. The van der Waals surface area contributed by atoms with E-state index >= 15 is 0 Å². The summed E-state index contributed by atoms with van der Waals surface area (Å²) in [6.07, 6.45) is 5.51. The van der Waals surface area contributed by atoms with Crippen molar-refractivity contribution in [2.24, 2.45) is 0 Å². The van der Waals surface area contributed by atoms with Gasteiger partial charge in [-0.3, -0.25) is 5.10 Å². The quantitative estimate of drug-likeness (QED) is 0.547. The number of hydrogen-bond acceptors (Lipinski definition) is 4. The van der Waals surface area contributed by atoms with Crippen molar-refractivity contribution in [3.8, 4) is 16.9 Å². The van der Waals surface area contributed by atoms with Gasteiger partial charge in [0.15, 0.2) is 0 Å². The summed E-state index contributed by atoms with van der Waals surface area (Å²) in [6.45, 7) is 2.21. The summed E-state index contributed by atoms with van der Waals surface area (Å²) in [5.74, 6) is 0.869. The molecular weight excluding hydrogens is 338 g/mol. The van der Waals surface area contributed by atoms with E-state index in [1.165, 1.54) is 0 Å². The van der Waals surface area contributed by atoms with Crippen LogP contribution in [0.3, 0.4) is 0 Å². The maximum Gasteiger partial charge on any atom is 0.120 e. The number of ether oxygens (including phenoxy) is 1. The molecule has 2 heterocycles. The number of nitrogens with zero attached hydrogens (tertiary/aromatic N) is 4. The monoisotopic (exact) mass is 361 g/mol. The predicted octanol–water partition coefficient (Wildman–Crippen LogP) is 3.57. The van der Waals surface area contributed by atoms with E-state index in [9.17, 15) is 0 Å². The highest BCUT2D eigenvalue weighted by atomic mass is 16.5. The van der Waals surface area contributed by atoms with Crippen molar-refractivity contribution in [3.05, 3.63) is 66.9 Å². The van der Waals surface area contributed by atoms with Crippen LogP contribution in [0.15, 0.2) is 61.2 Å². The number of benzene rings is 2. The fourth-order valence-electron chi connectivity index (χ4n) is 3.13. The van der Waals surface area contributed by atoms with Gasteiger partial charge in [0.2, 0.25) is 0 Å². The second-order valence-corrected chi connectivity index (χ2v) is 6.85. The largest absolute Gasteiger partial charge is 0.492 e. The summed E-state index contributed by atoms with van der Waals surface area (Å²) in [6, 6.07) is 14.6.